The molecule has 3 aromatic heterocycles. The average molecular weight is 447 g/mol. The second-order valence-corrected chi connectivity index (χ2v) is 7.93. The first-order valence-electron chi connectivity index (χ1n) is 10.7. The van der Waals surface area contributed by atoms with Crippen molar-refractivity contribution in [2.24, 2.45) is 0 Å². The lowest BCUT2D eigenvalue weighted by Crippen LogP contribution is -2.40. The maximum Gasteiger partial charge on any atom is 0.275 e. The van der Waals surface area contributed by atoms with E-state index < -0.39 is 5.91 Å². The number of hydrogen-bond acceptors (Lipinski definition) is 7. The van der Waals surface area contributed by atoms with E-state index in [4.69, 9.17) is 15.6 Å². The van der Waals surface area contributed by atoms with Gasteiger partial charge in [-0.3, -0.25) is 15.6 Å². The molecule has 1 saturated carbocycles. The molecule has 3 heterocycles. The highest BCUT2D eigenvalue weighted by Crippen LogP contribution is 2.39. The third-order valence-corrected chi connectivity index (χ3v) is 5.39. The first-order valence-corrected chi connectivity index (χ1v) is 10.7. The third kappa shape index (κ3) is 5.12. The van der Waals surface area contributed by atoms with Crippen molar-refractivity contribution in [3.8, 4) is 5.69 Å². The molecular weight excluding hydrogens is 420 g/mol. The first-order chi connectivity index (χ1) is 16.0. The van der Waals surface area contributed by atoms with E-state index in [-0.39, 0.29) is 23.3 Å². The Morgan fingerprint density at radius 1 is 1.33 bits per heavy atom. The van der Waals surface area contributed by atoms with Crippen molar-refractivity contribution in [1.82, 2.24) is 24.4 Å². The maximum absolute atomic E-state index is 12.8. The number of hydrogen-bond donors (Lipinski definition) is 3. The average Bonchev–Trinajstić information content (AvgIpc) is 3.56. The Hall–Kier alpha value is -3.92. The van der Waals surface area contributed by atoms with Crippen molar-refractivity contribution in [3.05, 3.63) is 66.1 Å². The SMILES string of the molecule is COC[C@@H](C)N(C=N)C(=N)c1cccc(C(=O)Nc2cc(-n3cnc(C4CC4)c3)ccn2)n1. The number of methoxy groups -OCH3 is 1. The van der Waals surface area contributed by atoms with E-state index in [2.05, 4.69) is 20.3 Å². The van der Waals surface area contributed by atoms with Crippen LogP contribution < -0.4 is 5.32 Å². The van der Waals surface area contributed by atoms with Gasteiger partial charge in [0.15, 0.2) is 5.84 Å². The van der Waals surface area contributed by atoms with Crippen LogP contribution >= 0.6 is 0 Å². The Kier molecular flexibility index (Phi) is 6.55. The van der Waals surface area contributed by atoms with Gasteiger partial charge in [0.25, 0.3) is 5.91 Å². The molecule has 0 radical (unpaired) electrons. The van der Waals surface area contributed by atoms with E-state index in [1.54, 1.807) is 43.9 Å². The van der Waals surface area contributed by atoms with Gasteiger partial charge in [0.05, 0.1) is 36.7 Å². The number of amidine groups is 1. The molecule has 1 amide bonds. The highest BCUT2D eigenvalue weighted by Gasteiger charge is 2.26. The van der Waals surface area contributed by atoms with E-state index in [1.165, 1.54) is 17.7 Å². The summed E-state index contributed by atoms with van der Waals surface area (Å²) in [6.45, 7) is 2.19. The minimum absolute atomic E-state index is 0.0101. The quantitative estimate of drug-likeness (QED) is 0.342. The number of rotatable bonds is 9. The smallest absolute Gasteiger partial charge is 0.275 e. The number of amides is 1. The molecule has 3 aromatic rings. The van der Waals surface area contributed by atoms with Crippen LogP contribution in [0.4, 0.5) is 5.82 Å². The fraction of sp³-hybridized carbons (Fsp3) is 0.304. The van der Waals surface area contributed by atoms with E-state index >= 15 is 0 Å². The summed E-state index contributed by atoms with van der Waals surface area (Å²) in [5, 5.41) is 18.8. The van der Waals surface area contributed by atoms with Crippen molar-refractivity contribution in [2.75, 3.05) is 19.0 Å². The van der Waals surface area contributed by atoms with Gasteiger partial charge in [0.1, 0.15) is 17.2 Å². The Balaban J connectivity index is 1.48. The van der Waals surface area contributed by atoms with Gasteiger partial charge in [-0.25, -0.2) is 15.0 Å². The van der Waals surface area contributed by atoms with Crippen LogP contribution in [0.3, 0.4) is 0 Å². The van der Waals surface area contributed by atoms with Crippen LogP contribution in [0.25, 0.3) is 5.69 Å². The Morgan fingerprint density at radius 3 is 2.85 bits per heavy atom. The summed E-state index contributed by atoms with van der Waals surface area (Å²) in [5.74, 6) is 0.516. The standard InChI is InChI=1S/C23H26N8O2/c1-15(12-33-2)31(13-24)22(25)18-4-3-5-19(28-18)23(32)29-21-10-17(8-9-26-21)30-11-20(27-14-30)16-6-7-16/h3-5,8-11,13-16,24-25H,6-7,12H2,1-2H3,(H,26,29,32)/t15-/m1/s1. The topological polar surface area (TPSA) is 133 Å². The Bertz CT molecular complexity index is 1170. The minimum Gasteiger partial charge on any atom is -0.383 e. The highest BCUT2D eigenvalue weighted by atomic mass is 16.5. The van der Waals surface area contributed by atoms with Crippen molar-refractivity contribution in [2.45, 2.75) is 31.7 Å². The summed E-state index contributed by atoms with van der Waals surface area (Å²) < 4.78 is 7.03. The van der Waals surface area contributed by atoms with Crippen molar-refractivity contribution >= 4 is 23.9 Å². The molecule has 1 atom stereocenters. The largest absolute Gasteiger partial charge is 0.383 e. The number of carbonyl (C=O) groups is 1. The van der Waals surface area contributed by atoms with Crippen LogP contribution in [-0.2, 0) is 4.74 Å². The lowest BCUT2D eigenvalue weighted by atomic mass is 10.2. The van der Waals surface area contributed by atoms with Crippen molar-refractivity contribution < 1.29 is 9.53 Å². The molecule has 33 heavy (non-hydrogen) atoms. The zero-order valence-corrected chi connectivity index (χ0v) is 18.5. The summed E-state index contributed by atoms with van der Waals surface area (Å²) in [5.41, 5.74) is 2.35. The van der Waals surface area contributed by atoms with Gasteiger partial charge in [-0.1, -0.05) is 6.07 Å². The number of ether oxygens (including phenoxy) is 1. The summed E-state index contributed by atoms with van der Waals surface area (Å²) in [4.78, 5) is 27.3. The summed E-state index contributed by atoms with van der Waals surface area (Å²) in [6.07, 6.45) is 8.82. The number of anilines is 1. The number of nitrogens with zero attached hydrogens (tertiary/aromatic N) is 5. The van der Waals surface area contributed by atoms with Gasteiger partial charge in [0, 0.05) is 31.5 Å². The molecule has 0 aromatic carbocycles. The highest BCUT2D eigenvalue weighted by molar-refractivity contribution is 6.05. The molecule has 0 aliphatic heterocycles. The Morgan fingerprint density at radius 2 is 2.12 bits per heavy atom. The fourth-order valence-electron chi connectivity index (χ4n) is 3.46. The monoisotopic (exact) mass is 446 g/mol. The molecule has 0 saturated heterocycles. The summed E-state index contributed by atoms with van der Waals surface area (Å²) in [7, 11) is 1.56. The van der Waals surface area contributed by atoms with E-state index in [1.807, 2.05) is 23.8 Å². The molecule has 1 fully saturated rings. The molecule has 0 bridgehead atoms. The zero-order valence-electron chi connectivity index (χ0n) is 18.5. The van der Waals surface area contributed by atoms with Crippen LogP contribution in [-0.4, -0.2) is 62.3 Å². The number of aromatic nitrogens is 4. The molecular formula is C23H26N8O2. The van der Waals surface area contributed by atoms with Gasteiger partial charge in [-0.15, -0.1) is 0 Å². The zero-order chi connectivity index (χ0) is 23.4. The molecule has 1 aliphatic rings. The molecule has 1 aliphatic carbocycles. The number of pyridine rings is 2. The second kappa shape index (κ2) is 9.70. The van der Waals surface area contributed by atoms with Crippen molar-refractivity contribution in [1.29, 1.82) is 10.8 Å². The van der Waals surface area contributed by atoms with Gasteiger partial charge in [-0.05, 0) is 38.0 Å². The van der Waals surface area contributed by atoms with Gasteiger partial charge in [0.2, 0.25) is 0 Å². The van der Waals surface area contributed by atoms with Gasteiger partial charge < -0.3 is 19.5 Å². The Labute approximate surface area is 191 Å². The molecule has 0 unspecified atom stereocenters. The number of imidazole rings is 1. The lowest BCUT2D eigenvalue weighted by molar-refractivity contribution is 0.102. The lowest BCUT2D eigenvalue weighted by Gasteiger charge is -2.26. The molecule has 0 spiro atoms. The maximum atomic E-state index is 12.8. The van der Waals surface area contributed by atoms with E-state index in [0.29, 0.717) is 18.3 Å². The van der Waals surface area contributed by atoms with Crippen LogP contribution in [0.5, 0.6) is 0 Å². The molecule has 3 N–H and O–H groups in total. The second-order valence-electron chi connectivity index (χ2n) is 7.93. The van der Waals surface area contributed by atoms with Crippen LogP contribution in [0.1, 0.15) is 47.6 Å². The molecule has 170 valence electrons. The number of carbonyl (C=O) groups excluding carboxylic acids is 1. The third-order valence-electron chi connectivity index (χ3n) is 5.39. The van der Waals surface area contributed by atoms with Crippen LogP contribution in [0.15, 0.2) is 49.1 Å². The van der Waals surface area contributed by atoms with Crippen molar-refractivity contribution in [3.63, 3.8) is 0 Å². The normalized spacial score (nSPS) is 13.9. The summed E-state index contributed by atoms with van der Waals surface area (Å²) >= 11 is 0. The molecule has 4 rings (SSSR count). The molecule has 10 heteroatoms. The predicted octanol–water partition coefficient (Wildman–Crippen LogP) is 3.06. The first kappa shape index (κ1) is 22.3. The predicted molar refractivity (Wildman–Crippen MR) is 124 cm³/mol. The van der Waals surface area contributed by atoms with E-state index in [9.17, 15) is 4.79 Å². The number of nitrogens with one attached hydrogen (secondary N) is 3. The van der Waals surface area contributed by atoms with Crippen LogP contribution in [0, 0.1) is 10.8 Å². The minimum atomic E-state index is -0.440. The van der Waals surface area contributed by atoms with Gasteiger partial charge in [-0.2, -0.15) is 0 Å². The van der Waals surface area contributed by atoms with Gasteiger partial charge >= 0.3 is 0 Å². The fourth-order valence-corrected chi connectivity index (χ4v) is 3.46. The summed E-state index contributed by atoms with van der Waals surface area (Å²) in [6, 6.07) is 8.25. The molecule has 10 nitrogen and oxygen atoms in total. The van der Waals surface area contributed by atoms with E-state index in [0.717, 1.165) is 17.7 Å². The van der Waals surface area contributed by atoms with Crippen LogP contribution in [0.2, 0.25) is 0 Å².